The van der Waals surface area contributed by atoms with Gasteiger partial charge in [-0.3, -0.25) is 14.6 Å². The van der Waals surface area contributed by atoms with Gasteiger partial charge in [-0.05, 0) is 49.7 Å². The number of aliphatic hydroxyl groups excluding tert-OH is 1. The molecule has 2 aromatic carbocycles. The molecule has 38 heavy (non-hydrogen) atoms. The number of benzene rings is 2. The summed E-state index contributed by atoms with van der Waals surface area (Å²) >= 11 is 6.21. The third-order valence-electron chi connectivity index (χ3n) is 7.14. The fourth-order valence-electron chi connectivity index (χ4n) is 5.03. The highest BCUT2D eigenvalue weighted by molar-refractivity contribution is 6.31. The first-order valence-electron chi connectivity index (χ1n) is 12.5. The molecule has 1 atom stereocenters. The summed E-state index contributed by atoms with van der Waals surface area (Å²) in [5.74, 6) is -2.80. The molecule has 2 heterocycles. The van der Waals surface area contributed by atoms with Gasteiger partial charge >= 0.3 is 6.18 Å². The third kappa shape index (κ3) is 6.93. The zero-order valence-electron chi connectivity index (χ0n) is 20.7. The first-order chi connectivity index (χ1) is 18.1. The van der Waals surface area contributed by atoms with Crippen LogP contribution >= 0.6 is 11.6 Å². The number of likely N-dealkylation sites (tertiary alicyclic amines) is 1. The van der Waals surface area contributed by atoms with E-state index in [1.165, 1.54) is 6.07 Å². The number of nitrogens with one attached hydrogen (secondary N) is 1. The normalized spacial score (nSPS) is 19.2. The number of hydrogen-bond acceptors (Lipinski definition) is 5. The topological polar surface area (TPSA) is 59.1 Å². The Hall–Kier alpha value is -2.47. The van der Waals surface area contributed by atoms with Crippen LogP contribution in [0.1, 0.15) is 35.2 Å². The summed E-state index contributed by atoms with van der Waals surface area (Å²) in [6.07, 6.45) is -3.56. The molecule has 2 aliphatic heterocycles. The van der Waals surface area contributed by atoms with Crippen LogP contribution in [-0.4, -0.2) is 78.9 Å². The molecule has 4 rings (SSSR count). The number of carbonyl (C=O) groups is 1. The molecule has 2 fully saturated rings. The van der Waals surface area contributed by atoms with Gasteiger partial charge in [0.1, 0.15) is 0 Å². The summed E-state index contributed by atoms with van der Waals surface area (Å²) in [6, 6.07) is 6.80. The largest absolute Gasteiger partial charge is 0.395 e. The molecule has 208 valence electrons. The molecule has 0 aliphatic carbocycles. The van der Waals surface area contributed by atoms with Gasteiger partial charge in [0.2, 0.25) is 0 Å². The van der Waals surface area contributed by atoms with Crippen molar-refractivity contribution in [2.45, 2.75) is 38.0 Å². The molecular weight excluding hydrogens is 531 g/mol. The average Bonchev–Trinajstić information content (AvgIpc) is 3.34. The Morgan fingerprint density at radius 1 is 1.08 bits per heavy atom. The highest BCUT2D eigenvalue weighted by Gasteiger charge is 2.30. The number of piperazine rings is 1. The van der Waals surface area contributed by atoms with Crippen LogP contribution in [0, 0.1) is 11.6 Å². The number of anilines is 2. The highest BCUT2D eigenvalue weighted by Crippen LogP contribution is 2.32. The van der Waals surface area contributed by atoms with Crippen molar-refractivity contribution < 1.29 is 31.9 Å². The fourth-order valence-corrected chi connectivity index (χ4v) is 5.20. The van der Waals surface area contributed by atoms with Gasteiger partial charge in [-0.15, -0.1) is 0 Å². The van der Waals surface area contributed by atoms with E-state index in [9.17, 15) is 31.9 Å². The van der Waals surface area contributed by atoms with Crippen LogP contribution in [0.5, 0.6) is 0 Å². The number of amides is 1. The molecule has 6 nitrogen and oxygen atoms in total. The molecule has 0 bridgehead atoms. The van der Waals surface area contributed by atoms with E-state index >= 15 is 0 Å². The Morgan fingerprint density at radius 2 is 1.82 bits per heavy atom. The van der Waals surface area contributed by atoms with Gasteiger partial charge in [0.15, 0.2) is 11.6 Å². The molecule has 2 aromatic rings. The third-order valence-corrected chi connectivity index (χ3v) is 7.38. The zero-order valence-corrected chi connectivity index (χ0v) is 21.5. The summed E-state index contributed by atoms with van der Waals surface area (Å²) in [4.78, 5) is 18.8. The maximum Gasteiger partial charge on any atom is 0.390 e. The van der Waals surface area contributed by atoms with Gasteiger partial charge < -0.3 is 15.3 Å². The number of hydrogen-bond donors (Lipinski definition) is 2. The quantitative estimate of drug-likeness (QED) is 0.450. The highest BCUT2D eigenvalue weighted by atomic mass is 35.5. The van der Waals surface area contributed by atoms with Gasteiger partial charge in [0, 0.05) is 61.5 Å². The van der Waals surface area contributed by atoms with Crippen LogP contribution in [0.25, 0.3) is 0 Å². The lowest BCUT2D eigenvalue weighted by Crippen LogP contribution is -2.47. The molecule has 0 spiro atoms. The van der Waals surface area contributed by atoms with Crippen LogP contribution < -0.4 is 10.2 Å². The molecule has 2 N–H and O–H groups in total. The van der Waals surface area contributed by atoms with E-state index in [1.807, 2.05) is 9.80 Å². The number of halogens is 6. The van der Waals surface area contributed by atoms with Crippen molar-refractivity contribution in [3.8, 4) is 0 Å². The predicted molar refractivity (Wildman–Crippen MR) is 136 cm³/mol. The van der Waals surface area contributed by atoms with Crippen LogP contribution in [-0.2, 0) is 6.54 Å². The number of carbonyl (C=O) groups excluding carboxylic acids is 1. The van der Waals surface area contributed by atoms with E-state index in [-0.39, 0.29) is 36.9 Å². The summed E-state index contributed by atoms with van der Waals surface area (Å²) in [5, 5.41) is 12.8. The summed E-state index contributed by atoms with van der Waals surface area (Å²) in [6.45, 7) is 2.05. The lowest BCUT2D eigenvalue weighted by Gasteiger charge is -2.37. The molecule has 1 unspecified atom stereocenters. The monoisotopic (exact) mass is 560 g/mol. The summed E-state index contributed by atoms with van der Waals surface area (Å²) in [5.41, 5.74) is 0.876. The van der Waals surface area contributed by atoms with Gasteiger partial charge in [-0.1, -0.05) is 11.6 Å². The standard InChI is InChI=1S/C26H30ClF5N4O2/c27-17-3-6-22(23(14-17)35-12-10-34(11-13-35)9-7-26(30,31)32)33-25(38)19-4-5-21(28)24(29)20(19)15-36-8-1-2-18(36)16-37/h3-6,14,18,37H,1-2,7-13,15-16H2,(H,33,38). The van der Waals surface area contributed by atoms with Crippen molar-refractivity contribution in [3.05, 3.63) is 58.1 Å². The van der Waals surface area contributed by atoms with Gasteiger partial charge in [-0.2, -0.15) is 13.2 Å². The second kappa shape index (κ2) is 12.1. The lowest BCUT2D eigenvalue weighted by atomic mass is 10.0. The van der Waals surface area contributed by atoms with Crippen molar-refractivity contribution >= 4 is 28.9 Å². The van der Waals surface area contributed by atoms with Crippen LogP contribution in [0.4, 0.5) is 33.3 Å². The fraction of sp³-hybridized carbons (Fsp3) is 0.500. The Kier molecular flexibility index (Phi) is 9.12. The minimum atomic E-state index is -4.21. The van der Waals surface area contributed by atoms with E-state index < -0.39 is 30.1 Å². The maximum absolute atomic E-state index is 14.9. The Bertz CT molecular complexity index is 1140. The molecule has 12 heteroatoms. The SMILES string of the molecule is O=C(Nc1ccc(Cl)cc1N1CCN(CCC(F)(F)F)CC1)c1ccc(F)c(F)c1CN1CCCC1CO. The minimum Gasteiger partial charge on any atom is -0.395 e. The number of alkyl halides is 3. The van der Waals surface area contributed by atoms with Crippen molar-refractivity contribution in [2.24, 2.45) is 0 Å². The Morgan fingerprint density at radius 3 is 2.50 bits per heavy atom. The maximum atomic E-state index is 14.9. The number of nitrogens with zero attached hydrogens (tertiary/aromatic N) is 3. The van der Waals surface area contributed by atoms with E-state index in [2.05, 4.69) is 5.32 Å². The van der Waals surface area contributed by atoms with Gasteiger partial charge in [0.25, 0.3) is 5.91 Å². The van der Waals surface area contributed by atoms with Gasteiger partial charge in [-0.25, -0.2) is 8.78 Å². The van der Waals surface area contributed by atoms with Crippen LogP contribution in [0.2, 0.25) is 5.02 Å². The first kappa shape index (κ1) is 28.5. The second-order valence-electron chi connectivity index (χ2n) is 9.65. The molecule has 0 aromatic heterocycles. The number of rotatable bonds is 8. The molecular formula is C26H30ClF5N4O2. The molecule has 2 saturated heterocycles. The van der Waals surface area contributed by atoms with E-state index in [0.29, 0.717) is 49.1 Å². The number of aliphatic hydroxyl groups is 1. The minimum absolute atomic E-state index is 0.0228. The van der Waals surface area contributed by atoms with E-state index in [0.717, 1.165) is 18.9 Å². The predicted octanol–water partition coefficient (Wildman–Crippen LogP) is 4.90. The lowest BCUT2D eigenvalue weighted by molar-refractivity contribution is -0.138. The van der Waals surface area contributed by atoms with Crippen molar-refractivity contribution in [2.75, 3.05) is 56.1 Å². The summed E-state index contributed by atoms with van der Waals surface area (Å²) < 4.78 is 66.8. The van der Waals surface area contributed by atoms with Crippen LogP contribution in [0.15, 0.2) is 30.3 Å². The van der Waals surface area contributed by atoms with Crippen molar-refractivity contribution in [1.82, 2.24) is 9.80 Å². The average molecular weight is 561 g/mol. The first-order valence-corrected chi connectivity index (χ1v) is 12.9. The van der Waals surface area contributed by atoms with Gasteiger partial charge in [0.05, 0.1) is 24.4 Å². The Labute approximate surface area is 223 Å². The molecule has 0 radical (unpaired) electrons. The molecule has 1 amide bonds. The zero-order chi connectivity index (χ0) is 27.4. The molecule has 2 aliphatic rings. The van der Waals surface area contributed by atoms with E-state index in [4.69, 9.17) is 11.6 Å². The summed E-state index contributed by atoms with van der Waals surface area (Å²) in [7, 11) is 0. The van der Waals surface area contributed by atoms with Crippen molar-refractivity contribution in [3.63, 3.8) is 0 Å². The second-order valence-corrected chi connectivity index (χ2v) is 10.1. The van der Waals surface area contributed by atoms with Crippen LogP contribution in [0.3, 0.4) is 0 Å². The van der Waals surface area contributed by atoms with E-state index in [1.54, 1.807) is 23.1 Å². The molecule has 0 saturated carbocycles. The Balaban J connectivity index is 1.51. The van der Waals surface area contributed by atoms with Crippen molar-refractivity contribution in [1.29, 1.82) is 0 Å². The smallest absolute Gasteiger partial charge is 0.390 e.